The molecule has 1 aromatic carbocycles. The molecule has 1 saturated heterocycles. The summed E-state index contributed by atoms with van der Waals surface area (Å²) in [7, 11) is 0. The van der Waals surface area contributed by atoms with E-state index in [2.05, 4.69) is 15.2 Å². The number of piperazine rings is 1. The van der Waals surface area contributed by atoms with E-state index in [9.17, 15) is 4.79 Å². The van der Waals surface area contributed by atoms with Gasteiger partial charge in [0.15, 0.2) is 0 Å². The largest absolute Gasteiger partial charge is 0.360 e. The normalized spacial score (nSPS) is 19.2. The Kier molecular flexibility index (Phi) is 3.26. The van der Waals surface area contributed by atoms with Crippen LogP contribution in [0.25, 0.3) is 10.9 Å². The monoisotopic (exact) mass is 289 g/mol. The van der Waals surface area contributed by atoms with Gasteiger partial charge < -0.3 is 10.2 Å². The van der Waals surface area contributed by atoms with E-state index in [1.807, 2.05) is 32.0 Å². The van der Waals surface area contributed by atoms with Crippen LogP contribution in [0.4, 0.5) is 5.69 Å². The van der Waals surface area contributed by atoms with Crippen LogP contribution in [0.3, 0.4) is 0 Å². The van der Waals surface area contributed by atoms with E-state index in [0.717, 1.165) is 28.7 Å². The Balaban J connectivity index is 2.14. The number of pyridine rings is 1. The van der Waals surface area contributed by atoms with E-state index in [1.165, 1.54) is 0 Å². The molecule has 1 aromatic heterocycles. The van der Waals surface area contributed by atoms with Gasteiger partial charge in [-0.05, 0) is 37.6 Å². The number of aromatic nitrogens is 1. The third kappa shape index (κ3) is 2.31. The predicted molar refractivity (Wildman–Crippen MR) is 81.3 cm³/mol. The minimum atomic E-state index is 0.0486. The lowest BCUT2D eigenvalue weighted by Gasteiger charge is -2.33. The molecule has 1 aliphatic rings. The van der Waals surface area contributed by atoms with Crippen LogP contribution in [0.15, 0.2) is 24.4 Å². The summed E-state index contributed by atoms with van der Waals surface area (Å²) in [5.74, 6) is 0.0486. The van der Waals surface area contributed by atoms with E-state index < -0.39 is 0 Å². The summed E-state index contributed by atoms with van der Waals surface area (Å²) in [4.78, 5) is 18.2. The van der Waals surface area contributed by atoms with Gasteiger partial charge in [0.1, 0.15) is 0 Å². The van der Waals surface area contributed by atoms with Gasteiger partial charge >= 0.3 is 0 Å². The van der Waals surface area contributed by atoms with Crippen LogP contribution < -0.4 is 10.2 Å². The number of aryl methyl sites for hydroxylation is 1. The van der Waals surface area contributed by atoms with Crippen molar-refractivity contribution in [2.75, 3.05) is 18.0 Å². The topological polar surface area (TPSA) is 45.2 Å². The zero-order valence-corrected chi connectivity index (χ0v) is 12.2. The maximum Gasteiger partial charge on any atom is 0.239 e. The molecule has 104 valence electrons. The van der Waals surface area contributed by atoms with Gasteiger partial charge in [0.25, 0.3) is 0 Å². The molecule has 0 spiro atoms. The number of halogens is 1. The number of hydrogen-bond donors (Lipinski definition) is 1. The minimum absolute atomic E-state index is 0.0486. The number of nitrogens with zero attached hydrogens (tertiary/aromatic N) is 2. The van der Waals surface area contributed by atoms with Crippen molar-refractivity contribution in [2.24, 2.45) is 0 Å². The number of hydrogen-bond acceptors (Lipinski definition) is 3. The Morgan fingerprint density at radius 3 is 3.00 bits per heavy atom. The van der Waals surface area contributed by atoms with Crippen molar-refractivity contribution >= 4 is 34.1 Å². The summed E-state index contributed by atoms with van der Waals surface area (Å²) < 4.78 is 0. The lowest BCUT2D eigenvalue weighted by Crippen LogP contribution is -2.53. The molecule has 2 heterocycles. The van der Waals surface area contributed by atoms with Crippen LogP contribution in [0.5, 0.6) is 0 Å². The number of carbonyl (C=O) groups is 1. The highest BCUT2D eigenvalue weighted by molar-refractivity contribution is 6.31. The van der Waals surface area contributed by atoms with E-state index in [1.54, 1.807) is 6.20 Å². The fourth-order valence-electron chi connectivity index (χ4n) is 2.77. The molecule has 1 fully saturated rings. The molecular weight excluding hydrogens is 274 g/mol. The molecule has 1 aliphatic heterocycles. The summed E-state index contributed by atoms with van der Waals surface area (Å²) in [6, 6.07) is 5.92. The van der Waals surface area contributed by atoms with E-state index in [4.69, 9.17) is 11.6 Å². The Labute approximate surface area is 122 Å². The van der Waals surface area contributed by atoms with Crippen molar-refractivity contribution in [3.8, 4) is 0 Å². The maximum atomic E-state index is 11.7. The van der Waals surface area contributed by atoms with E-state index in [0.29, 0.717) is 11.6 Å². The lowest BCUT2D eigenvalue weighted by molar-refractivity contribution is -0.121. The van der Waals surface area contributed by atoms with Gasteiger partial charge in [-0.25, -0.2) is 0 Å². The average Bonchev–Trinajstić information content (AvgIpc) is 2.36. The van der Waals surface area contributed by atoms with Crippen molar-refractivity contribution in [3.63, 3.8) is 0 Å². The quantitative estimate of drug-likeness (QED) is 0.877. The number of amides is 1. The van der Waals surface area contributed by atoms with Crippen LogP contribution in [0, 0.1) is 6.92 Å². The summed E-state index contributed by atoms with van der Waals surface area (Å²) >= 11 is 6.17. The smallest absolute Gasteiger partial charge is 0.239 e. The first-order chi connectivity index (χ1) is 9.54. The summed E-state index contributed by atoms with van der Waals surface area (Å²) in [5.41, 5.74) is 3.00. The zero-order valence-electron chi connectivity index (χ0n) is 11.5. The molecule has 0 aliphatic carbocycles. The predicted octanol–water partition coefficient (Wildman–Crippen LogP) is 2.52. The molecular formula is C15H16ClN3O. The maximum absolute atomic E-state index is 11.7. The minimum Gasteiger partial charge on any atom is -0.360 e. The molecule has 0 unspecified atom stereocenters. The number of rotatable bonds is 1. The molecule has 3 rings (SSSR count). The molecule has 5 heteroatoms. The van der Waals surface area contributed by atoms with Gasteiger partial charge in [-0.2, -0.15) is 0 Å². The van der Waals surface area contributed by atoms with Crippen molar-refractivity contribution in [2.45, 2.75) is 19.9 Å². The Hall–Kier alpha value is -1.81. The molecule has 0 radical (unpaired) electrons. The summed E-state index contributed by atoms with van der Waals surface area (Å²) in [6.07, 6.45) is 1.79. The first-order valence-electron chi connectivity index (χ1n) is 6.64. The summed E-state index contributed by atoms with van der Waals surface area (Å²) in [6.45, 7) is 5.16. The van der Waals surface area contributed by atoms with Gasteiger partial charge in [0.05, 0.1) is 12.1 Å². The molecule has 1 amide bonds. The second kappa shape index (κ2) is 4.94. The molecule has 1 atom stereocenters. The van der Waals surface area contributed by atoms with Crippen LogP contribution in [0.2, 0.25) is 5.02 Å². The highest BCUT2D eigenvalue weighted by atomic mass is 35.5. The molecule has 1 N–H and O–H groups in total. The van der Waals surface area contributed by atoms with Gasteiger partial charge in [-0.1, -0.05) is 11.6 Å². The number of anilines is 1. The van der Waals surface area contributed by atoms with Crippen molar-refractivity contribution in [1.29, 1.82) is 0 Å². The number of benzene rings is 1. The molecule has 0 saturated carbocycles. The van der Waals surface area contributed by atoms with Crippen molar-refractivity contribution in [1.82, 2.24) is 10.3 Å². The average molecular weight is 290 g/mol. The first kappa shape index (κ1) is 13.2. The molecule has 20 heavy (non-hydrogen) atoms. The molecule has 2 aromatic rings. The van der Waals surface area contributed by atoms with Crippen LogP contribution in [0.1, 0.15) is 12.5 Å². The van der Waals surface area contributed by atoms with Gasteiger partial charge in [0, 0.05) is 34.9 Å². The summed E-state index contributed by atoms with van der Waals surface area (Å²) in [5, 5.41) is 4.62. The van der Waals surface area contributed by atoms with Gasteiger partial charge in [-0.3, -0.25) is 9.78 Å². The Morgan fingerprint density at radius 2 is 2.25 bits per heavy atom. The van der Waals surface area contributed by atoms with E-state index in [-0.39, 0.29) is 11.9 Å². The van der Waals surface area contributed by atoms with Crippen molar-refractivity contribution in [3.05, 3.63) is 35.0 Å². The second-order valence-corrected chi connectivity index (χ2v) is 5.73. The Morgan fingerprint density at radius 1 is 1.45 bits per heavy atom. The van der Waals surface area contributed by atoms with Gasteiger partial charge in [0.2, 0.25) is 5.91 Å². The third-order valence-corrected chi connectivity index (χ3v) is 3.77. The number of carbonyl (C=O) groups excluding carboxylic acids is 1. The fraction of sp³-hybridized carbons (Fsp3) is 0.333. The van der Waals surface area contributed by atoms with Gasteiger partial charge in [-0.15, -0.1) is 0 Å². The highest BCUT2D eigenvalue weighted by Crippen LogP contribution is 2.30. The second-order valence-electron chi connectivity index (χ2n) is 5.30. The number of fused-ring (bicyclic) bond motifs is 1. The first-order valence-corrected chi connectivity index (χ1v) is 7.01. The fourth-order valence-corrected chi connectivity index (χ4v) is 3.04. The van der Waals surface area contributed by atoms with Crippen LogP contribution in [-0.2, 0) is 4.79 Å². The van der Waals surface area contributed by atoms with Crippen molar-refractivity contribution < 1.29 is 4.79 Å². The highest BCUT2D eigenvalue weighted by Gasteiger charge is 2.23. The standard InChI is InChI=1S/C15H16ClN3O/c1-9-5-11(16)6-12-13(3-4-17-15(9)12)19-7-10(2)18-14(20)8-19/h3-6,10H,7-8H2,1-2H3,(H,18,20)/t10-/m0/s1. The molecule has 0 bridgehead atoms. The van der Waals surface area contributed by atoms with Crippen LogP contribution >= 0.6 is 11.6 Å². The zero-order chi connectivity index (χ0) is 14.3. The number of nitrogens with one attached hydrogen (secondary N) is 1. The Bertz CT molecular complexity index is 686. The lowest BCUT2D eigenvalue weighted by atomic mass is 10.1. The van der Waals surface area contributed by atoms with Crippen LogP contribution in [-0.4, -0.2) is 30.0 Å². The SMILES string of the molecule is Cc1cc(Cl)cc2c(N3CC(=O)N[C@@H](C)C3)ccnc12. The van der Waals surface area contributed by atoms with E-state index >= 15 is 0 Å². The third-order valence-electron chi connectivity index (χ3n) is 3.55. The molecule has 4 nitrogen and oxygen atoms in total.